The van der Waals surface area contributed by atoms with Crippen LogP contribution in [0.3, 0.4) is 0 Å². The summed E-state index contributed by atoms with van der Waals surface area (Å²) in [5.74, 6) is -5.51. The van der Waals surface area contributed by atoms with Crippen LogP contribution in [0.2, 0.25) is 0 Å². The van der Waals surface area contributed by atoms with Crippen molar-refractivity contribution in [2.75, 3.05) is 38.4 Å². The first-order valence-corrected chi connectivity index (χ1v) is 16.4. The number of hydrogen-bond donors (Lipinski definition) is 11. The summed E-state index contributed by atoms with van der Waals surface area (Å²) >= 11 is 1.38. The number of benzene rings is 1. The van der Waals surface area contributed by atoms with Gasteiger partial charge in [-0.2, -0.15) is 11.8 Å². The first-order valence-electron chi connectivity index (χ1n) is 15.0. The molecule has 1 aromatic carbocycles. The monoisotopic (exact) mass is 685 g/mol. The molecule has 47 heavy (non-hydrogen) atoms. The largest absolute Gasteiger partial charge is 0.480 e. The lowest BCUT2D eigenvalue weighted by Crippen LogP contribution is -2.60. The molecule has 17 nitrogen and oxygen atoms in total. The highest BCUT2D eigenvalue weighted by Gasteiger charge is 2.32. The van der Waals surface area contributed by atoms with Gasteiger partial charge in [0.05, 0.1) is 25.9 Å². The molecule has 0 fully saturated rings. The van der Waals surface area contributed by atoms with Gasteiger partial charge in [0.2, 0.25) is 29.5 Å². The number of nitrogens with one attached hydrogen (secondary N) is 5. The summed E-state index contributed by atoms with van der Waals surface area (Å²) in [5.41, 5.74) is 12.3. The average Bonchev–Trinajstić information content (AvgIpc) is 3.06. The summed E-state index contributed by atoms with van der Waals surface area (Å²) in [6, 6.07) is 0.591. The lowest BCUT2D eigenvalue weighted by Gasteiger charge is -2.26. The number of hydrogen-bond acceptors (Lipinski definition) is 12. The van der Waals surface area contributed by atoms with Crippen molar-refractivity contribution in [1.29, 1.82) is 0 Å². The average molecular weight is 686 g/mol. The highest BCUT2D eigenvalue weighted by Crippen LogP contribution is 2.08. The fourth-order valence-electron chi connectivity index (χ4n) is 4.14. The Kier molecular flexibility index (Phi) is 19.9. The maximum atomic E-state index is 13.5. The molecule has 1 aromatic rings. The van der Waals surface area contributed by atoms with Crippen molar-refractivity contribution in [2.45, 2.75) is 68.4 Å². The molecule has 13 N–H and O–H groups in total. The molecular weight excluding hydrogens is 638 g/mol. The van der Waals surface area contributed by atoms with Gasteiger partial charge in [-0.25, -0.2) is 4.79 Å². The first kappa shape index (κ1) is 41.2. The number of thioether (sulfide) groups is 1. The van der Waals surface area contributed by atoms with Crippen molar-refractivity contribution in [3.63, 3.8) is 0 Å². The van der Waals surface area contributed by atoms with Crippen molar-refractivity contribution in [1.82, 2.24) is 26.6 Å². The molecule has 6 atom stereocenters. The Balaban J connectivity index is 3.08. The van der Waals surface area contributed by atoms with Gasteiger partial charge in [-0.3, -0.25) is 24.0 Å². The number of aliphatic carboxylic acids is 1. The summed E-state index contributed by atoms with van der Waals surface area (Å²) in [6.07, 6.45) is 3.60. The van der Waals surface area contributed by atoms with Gasteiger partial charge in [0.25, 0.3) is 0 Å². The van der Waals surface area contributed by atoms with Gasteiger partial charge in [0, 0.05) is 6.42 Å². The summed E-state index contributed by atoms with van der Waals surface area (Å²) < 4.78 is 0. The highest BCUT2D eigenvalue weighted by atomic mass is 32.2. The number of amides is 5. The Bertz CT molecular complexity index is 1160. The van der Waals surface area contributed by atoms with E-state index in [9.17, 15) is 39.0 Å². The fourth-order valence-corrected chi connectivity index (χ4v) is 4.62. The van der Waals surface area contributed by atoms with Crippen LogP contribution in [-0.4, -0.2) is 131 Å². The van der Waals surface area contributed by atoms with Crippen LogP contribution < -0.4 is 38.1 Å². The van der Waals surface area contributed by atoms with Crippen molar-refractivity contribution in [3.05, 3.63) is 35.9 Å². The van der Waals surface area contributed by atoms with Crippen molar-refractivity contribution < 1.29 is 49.2 Å². The highest BCUT2D eigenvalue weighted by molar-refractivity contribution is 7.98. The Morgan fingerprint density at radius 2 is 1.15 bits per heavy atom. The molecule has 264 valence electrons. The second-order valence-corrected chi connectivity index (χ2v) is 11.5. The number of carbonyl (C=O) groups excluding carboxylic acids is 5. The molecule has 0 aliphatic carbocycles. The molecule has 5 amide bonds. The minimum Gasteiger partial charge on any atom is -0.480 e. The first-order chi connectivity index (χ1) is 22.4. The molecule has 0 spiro atoms. The summed E-state index contributed by atoms with van der Waals surface area (Å²) in [7, 11) is 0. The molecule has 0 aromatic heterocycles. The molecule has 0 saturated carbocycles. The summed E-state index contributed by atoms with van der Waals surface area (Å²) in [5, 5.41) is 49.2. The normalized spacial score (nSPS) is 14.8. The van der Waals surface area contributed by atoms with Crippen LogP contribution in [0.5, 0.6) is 0 Å². The van der Waals surface area contributed by atoms with Gasteiger partial charge in [-0.15, -0.1) is 0 Å². The topological polar surface area (TPSA) is 296 Å². The number of nitrogens with two attached hydrogens (primary N) is 2. The number of carboxylic acids is 1. The molecule has 18 heteroatoms. The molecule has 0 bridgehead atoms. The minimum atomic E-state index is -1.70. The molecule has 1 rings (SSSR count). The lowest BCUT2D eigenvalue weighted by atomic mass is 10.0. The summed E-state index contributed by atoms with van der Waals surface area (Å²) in [4.78, 5) is 75.9. The van der Waals surface area contributed by atoms with E-state index in [0.717, 1.165) is 5.56 Å². The van der Waals surface area contributed by atoms with E-state index in [1.54, 1.807) is 36.6 Å². The minimum absolute atomic E-state index is 0.0795. The van der Waals surface area contributed by atoms with Gasteiger partial charge < -0.3 is 58.5 Å². The van der Waals surface area contributed by atoms with Gasteiger partial charge in [-0.1, -0.05) is 36.8 Å². The second-order valence-electron chi connectivity index (χ2n) is 10.6. The SMILES string of the molecule is CSCC[C@H](NC(=O)[C@H](Cc1ccccc1)NC(=O)[C@@H](N)CCCCN)C(=O)N[C@@H](CO)C(=O)N[C@@H](CO)C(=O)N[C@@H](CO)C(=O)O. The van der Waals surface area contributed by atoms with Crippen LogP contribution in [0.1, 0.15) is 31.2 Å². The zero-order valence-corrected chi connectivity index (χ0v) is 27.0. The zero-order chi connectivity index (χ0) is 35.4. The Morgan fingerprint density at radius 1 is 0.681 bits per heavy atom. The molecule has 0 heterocycles. The fraction of sp³-hybridized carbons (Fsp3) is 0.586. The van der Waals surface area contributed by atoms with Gasteiger partial charge in [-0.05, 0) is 43.4 Å². The van der Waals surface area contributed by atoms with Crippen LogP contribution >= 0.6 is 11.8 Å². The molecule has 0 aliphatic heterocycles. The maximum absolute atomic E-state index is 13.5. The number of unbranched alkanes of at least 4 members (excludes halogenated alkanes) is 1. The third kappa shape index (κ3) is 15.1. The Labute approximate surface area is 277 Å². The van der Waals surface area contributed by atoms with Gasteiger partial charge in [0.15, 0.2) is 0 Å². The van der Waals surface area contributed by atoms with Crippen LogP contribution in [0, 0.1) is 0 Å². The van der Waals surface area contributed by atoms with E-state index in [-0.39, 0.29) is 12.8 Å². The number of aliphatic hydroxyl groups is 3. The number of aliphatic hydroxyl groups excluding tert-OH is 3. The van der Waals surface area contributed by atoms with E-state index in [4.69, 9.17) is 21.7 Å². The zero-order valence-electron chi connectivity index (χ0n) is 26.2. The van der Waals surface area contributed by atoms with E-state index < -0.39 is 91.6 Å². The van der Waals surface area contributed by atoms with Crippen molar-refractivity contribution >= 4 is 47.3 Å². The lowest BCUT2D eigenvalue weighted by molar-refractivity contribution is -0.143. The van der Waals surface area contributed by atoms with E-state index in [0.29, 0.717) is 31.6 Å². The maximum Gasteiger partial charge on any atom is 0.328 e. The smallest absolute Gasteiger partial charge is 0.328 e. The molecule has 0 saturated heterocycles. The van der Waals surface area contributed by atoms with Gasteiger partial charge >= 0.3 is 5.97 Å². The van der Waals surface area contributed by atoms with Gasteiger partial charge in [0.1, 0.15) is 30.2 Å². The van der Waals surface area contributed by atoms with E-state index >= 15 is 0 Å². The molecule has 0 aliphatic rings. The van der Waals surface area contributed by atoms with Crippen LogP contribution in [0.4, 0.5) is 0 Å². The van der Waals surface area contributed by atoms with E-state index in [1.165, 1.54) is 11.8 Å². The number of carbonyl (C=O) groups is 6. The van der Waals surface area contributed by atoms with E-state index in [2.05, 4.69) is 21.3 Å². The number of carboxylic acid groups (broad SMARTS) is 1. The molecule has 0 radical (unpaired) electrons. The predicted molar refractivity (Wildman–Crippen MR) is 173 cm³/mol. The molecular formula is C29H47N7O10S. The van der Waals surface area contributed by atoms with Crippen LogP contribution in [0.25, 0.3) is 0 Å². The predicted octanol–water partition coefficient (Wildman–Crippen LogP) is -4.08. The Hall–Kier alpha value is -3.81. The molecule has 0 unspecified atom stereocenters. The van der Waals surface area contributed by atoms with Crippen molar-refractivity contribution in [2.24, 2.45) is 11.5 Å². The van der Waals surface area contributed by atoms with E-state index in [1.807, 2.05) is 5.32 Å². The third-order valence-corrected chi connectivity index (χ3v) is 7.54. The van der Waals surface area contributed by atoms with Crippen molar-refractivity contribution in [3.8, 4) is 0 Å². The van der Waals surface area contributed by atoms with Crippen LogP contribution in [0.15, 0.2) is 30.3 Å². The Morgan fingerprint density at radius 3 is 1.64 bits per heavy atom. The second kappa shape index (κ2) is 22.7. The van der Waals surface area contributed by atoms with Crippen LogP contribution in [-0.2, 0) is 35.2 Å². The quantitative estimate of drug-likeness (QED) is 0.0489. The summed E-state index contributed by atoms with van der Waals surface area (Å²) in [6.45, 7) is -2.42. The number of rotatable bonds is 23. The third-order valence-electron chi connectivity index (χ3n) is 6.89. The standard InChI is InChI=1S/C29H47N7O10S/c1-47-12-10-19(25(41)34-21(14-37)27(43)35-22(15-38)28(44)36-23(16-39)29(45)46)32-26(42)20(13-17-7-3-2-4-8-17)33-24(40)18(31)9-5-6-11-30/h2-4,7-8,18-23,37-39H,5-6,9-16,30-31H2,1H3,(H,32,42)(H,33,40)(H,34,41)(H,35,43)(H,36,44)(H,45,46)/t18-,19-,20-,21-,22-,23-/m0/s1.